The second-order valence-electron chi connectivity index (χ2n) is 10.3. The van der Waals surface area contributed by atoms with Crippen LogP contribution in [0.3, 0.4) is 0 Å². The summed E-state index contributed by atoms with van der Waals surface area (Å²) in [5.74, 6) is -1.26. The van der Waals surface area contributed by atoms with E-state index in [1.54, 1.807) is 31.4 Å². The second kappa shape index (κ2) is 8.02. The predicted molar refractivity (Wildman–Crippen MR) is 138 cm³/mol. The number of imide groups is 1. The van der Waals surface area contributed by atoms with Crippen molar-refractivity contribution in [3.63, 3.8) is 0 Å². The SMILES string of the molecule is COc1ccc(N2C(=O)[C@@H]3[C@@H]4CCCN4[C@@]4(C(=O)N(Cc5ccccc5)c5ccccc54)[C@H]3C2=O)cc1. The summed E-state index contributed by atoms with van der Waals surface area (Å²) in [6.07, 6.45) is 1.69. The maximum Gasteiger partial charge on any atom is 0.253 e. The van der Waals surface area contributed by atoms with Gasteiger partial charge in [-0.05, 0) is 55.3 Å². The summed E-state index contributed by atoms with van der Waals surface area (Å²) >= 11 is 0. The molecule has 3 fully saturated rings. The molecule has 0 radical (unpaired) electrons. The van der Waals surface area contributed by atoms with Crippen LogP contribution >= 0.6 is 0 Å². The van der Waals surface area contributed by atoms with Gasteiger partial charge >= 0.3 is 0 Å². The highest BCUT2D eigenvalue weighted by molar-refractivity contribution is 6.26. The van der Waals surface area contributed by atoms with Crippen LogP contribution in [0.2, 0.25) is 0 Å². The molecule has 3 saturated heterocycles. The zero-order chi connectivity index (χ0) is 25.3. The maximum absolute atomic E-state index is 14.6. The van der Waals surface area contributed by atoms with E-state index in [-0.39, 0.29) is 23.8 Å². The first-order valence-corrected chi connectivity index (χ1v) is 12.8. The molecule has 1 spiro atoms. The van der Waals surface area contributed by atoms with Crippen molar-refractivity contribution in [3.8, 4) is 5.75 Å². The van der Waals surface area contributed by atoms with Crippen LogP contribution in [0.25, 0.3) is 0 Å². The fraction of sp³-hybridized carbons (Fsp3) is 0.300. The first-order valence-electron chi connectivity index (χ1n) is 12.8. The smallest absolute Gasteiger partial charge is 0.253 e. The molecule has 186 valence electrons. The molecule has 0 saturated carbocycles. The Morgan fingerprint density at radius 3 is 2.38 bits per heavy atom. The van der Waals surface area contributed by atoms with Gasteiger partial charge in [0, 0.05) is 17.3 Å². The number of amides is 3. The molecule has 3 aromatic carbocycles. The average Bonchev–Trinajstić information content (AvgIpc) is 3.64. The van der Waals surface area contributed by atoms with Crippen LogP contribution in [0.4, 0.5) is 11.4 Å². The molecule has 0 N–H and O–H groups in total. The number of para-hydroxylation sites is 1. The Balaban J connectivity index is 1.37. The standard InChI is InChI=1S/C30H27N3O4/c1-37-21-15-13-20(14-16-21)33-27(34)25-24-12-7-17-32(24)30(26(25)28(33)35)22-10-5-6-11-23(22)31(29(30)36)18-19-8-3-2-4-9-19/h2-6,8-11,13-16,24-26H,7,12,17-18H2,1H3/t24-,25+,26+,30+/m0/s1. The lowest BCUT2D eigenvalue weighted by atomic mass is 9.75. The van der Waals surface area contributed by atoms with Gasteiger partial charge in [-0.25, -0.2) is 4.90 Å². The first-order chi connectivity index (χ1) is 18.1. The van der Waals surface area contributed by atoms with Crippen molar-refractivity contribution in [1.82, 2.24) is 4.90 Å². The minimum absolute atomic E-state index is 0.102. The van der Waals surface area contributed by atoms with Crippen LogP contribution in [-0.4, -0.2) is 42.3 Å². The molecule has 4 aliphatic rings. The topological polar surface area (TPSA) is 70.2 Å². The summed E-state index contributed by atoms with van der Waals surface area (Å²) in [4.78, 5) is 48.1. The Hall–Kier alpha value is -3.97. The summed E-state index contributed by atoms with van der Waals surface area (Å²) in [5.41, 5.74) is 2.03. The minimum Gasteiger partial charge on any atom is -0.497 e. The van der Waals surface area contributed by atoms with Gasteiger partial charge in [0.25, 0.3) is 5.91 Å². The Kier molecular flexibility index (Phi) is 4.82. The van der Waals surface area contributed by atoms with Crippen molar-refractivity contribution in [3.05, 3.63) is 90.0 Å². The van der Waals surface area contributed by atoms with E-state index in [1.165, 1.54) is 4.90 Å². The summed E-state index contributed by atoms with van der Waals surface area (Å²) < 4.78 is 5.26. The van der Waals surface area contributed by atoms with Gasteiger partial charge in [-0.1, -0.05) is 48.5 Å². The lowest BCUT2D eigenvalue weighted by Gasteiger charge is -2.37. The Morgan fingerprint density at radius 1 is 0.892 bits per heavy atom. The van der Waals surface area contributed by atoms with E-state index in [9.17, 15) is 14.4 Å². The third-order valence-electron chi connectivity index (χ3n) is 8.66. The van der Waals surface area contributed by atoms with Crippen molar-refractivity contribution in [2.75, 3.05) is 23.5 Å². The van der Waals surface area contributed by atoms with Crippen molar-refractivity contribution < 1.29 is 19.1 Å². The molecule has 3 amide bonds. The van der Waals surface area contributed by atoms with Gasteiger partial charge in [-0.3, -0.25) is 19.3 Å². The van der Waals surface area contributed by atoms with E-state index in [4.69, 9.17) is 4.74 Å². The van der Waals surface area contributed by atoms with Crippen molar-refractivity contribution in [2.24, 2.45) is 11.8 Å². The van der Waals surface area contributed by atoms with E-state index in [1.807, 2.05) is 59.5 Å². The molecular weight excluding hydrogens is 466 g/mol. The average molecular weight is 494 g/mol. The number of hydrogen-bond acceptors (Lipinski definition) is 5. The summed E-state index contributed by atoms with van der Waals surface area (Å²) in [6.45, 7) is 1.11. The maximum atomic E-state index is 14.6. The van der Waals surface area contributed by atoms with Crippen LogP contribution in [0.15, 0.2) is 78.9 Å². The zero-order valence-corrected chi connectivity index (χ0v) is 20.5. The highest BCUT2D eigenvalue weighted by Crippen LogP contribution is 2.62. The van der Waals surface area contributed by atoms with Gasteiger partial charge in [-0.15, -0.1) is 0 Å². The lowest BCUT2D eigenvalue weighted by Crippen LogP contribution is -2.55. The predicted octanol–water partition coefficient (Wildman–Crippen LogP) is 3.72. The van der Waals surface area contributed by atoms with Crippen LogP contribution < -0.4 is 14.5 Å². The fourth-order valence-electron chi connectivity index (χ4n) is 7.25. The van der Waals surface area contributed by atoms with Crippen molar-refractivity contribution >= 4 is 29.1 Å². The number of nitrogens with zero attached hydrogens (tertiary/aromatic N) is 3. The number of anilines is 2. The number of methoxy groups -OCH3 is 1. The van der Waals surface area contributed by atoms with Gasteiger partial charge in [0.2, 0.25) is 11.8 Å². The molecule has 7 rings (SSSR count). The zero-order valence-electron chi connectivity index (χ0n) is 20.5. The normalized spacial score (nSPS) is 28.2. The molecule has 7 nitrogen and oxygen atoms in total. The number of hydrogen-bond donors (Lipinski definition) is 0. The van der Waals surface area contributed by atoms with Crippen LogP contribution in [-0.2, 0) is 26.5 Å². The highest BCUT2D eigenvalue weighted by Gasteiger charge is 2.75. The van der Waals surface area contributed by atoms with E-state index in [0.717, 1.165) is 29.7 Å². The van der Waals surface area contributed by atoms with Crippen LogP contribution in [0.5, 0.6) is 5.75 Å². The largest absolute Gasteiger partial charge is 0.497 e. The Bertz CT molecular complexity index is 1420. The van der Waals surface area contributed by atoms with Gasteiger partial charge in [0.05, 0.1) is 31.2 Å². The Morgan fingerprint density at radius 2 is 1.62 bits per heavy atom. The van der Waals surface area contributed by atoms with Crippen molar-refractivity contribution in [2.45, 2.75) is 31.0 Å². The molecule has 0 aromatic heterocycles. The summed E-state index contributed by atoms with van der Waals surface area (Å²) in [5, 5.41) is 0. The lowest BCUT2D eigenvalue weighted by molar-refractivity contribution is -0.137. The third-order valence-corrected chi connectivity index (χ3v) is 8.66. The Labute approximate surface area is 215 Å². The number of ether oxygens (including phenoxy) is 1. The van der Waals surface area contributed by atoms with Crippen LogP contribution in [0, 0.1) is 11.8 Å². The molecule has 4 heterocycles. The number of benzene rings is 3. The van der Waals surface area contributed by atoms with Crippen molar-refractivity contribution in [1.29, 1.82) is 0 Å². The summed E-state index contributed by atoms with van der Waals surface area (Å²) in [7, 11) is 1.58. The number of carbonyl (C=O) groups excluding carboxylic acids is 3. The van der Waals surface area contributed by atoms with Gasteiger partial charge in [0.1, 0.15) is 11.3 Å². The van der Waals surface area contributed by atoms with E-state index in [2.05, 4.69) is 4.90 Å². The van der Waals surface area contributed by atoms with Gasteiger partial charge in [-0.2, -0.15) is 0 Å². The molecule has 7 heteroatoms. The molecule has 0 unspecified atom stereocenters. The molecular formula is C30H27N3O4. The number of rotatable bonds is 4. The van der Waals surface area contributed by atoms with E-state index in [0.29, 0.717) is 24.5 Å². The molecule has 3 aromatic rings. The molecule has 37 heavy (non-hydrogen) atoms. The second-order valence-corrected chi connectivity index (χ2v) is 10.3. The van der Waals surface area contributed by atoms with E-state index < -0.39 is 17.4 Å². The molecule has 4 aliphatic heterocycles. The molecule has 0 aliphatic carbocycles. The fourth-order valence-corrected chi connectivity index (χ4v) is 7.25. The quantitative estimate of drug-likeness (QED) is 0.518. The minimum atomic E-state index is -1.18. The summed E-state index contributed by atoms with van der Waals surface area (Å²) in [6, 6.07) is 24.5. The van der Waals surface area contributed by atoms with Crippen LogP contribution in [0.1, 0.15) is 24.0 Å². The monoisotopic (exact) mass is 493 g/mol. The molecule has 4 atom stereocenters. The van der Waals surface area contributed by atoms with E-state index >= 15 is 0 Å². The third kappa shape index (κ3) is 2.83. The van der Waals surface area contributed by atoms with Gasteiger partial charge < -0.3 is 9.64 Å². The number of fused-ring (bicyclic) bond motifs is 7. The number of carbonyl (C=O) groups is 3. The first kappa shape index (κ1) is 22.2. The van der Waals surface area contributed by atoms with Gasteiger partial charge in [0.15, 0.2) is 0 Å². The highest BCUT2D eigenvalue weighted by atomic mass is 16.5. The molecule has 0 bridgehead atoms.